The molecule has 7 heteroatoms. The lowest BCUT2D eigenvalue weighted by atomic mass is 10.00. The Labute approximate surface area is 126 Å². The summed E-state index contributed by atoms with van der Waals surface area (Å²) in [6.45, 7) is 1.43. The second kappa shape index (κ2) is 6.06. The van der Waals surface area contributed by atoms with E-state index in [1.807, 2.05) is 0 Å². The fourth-order valence-electron chi connectivity index (χ4n) is 2.04. The van der Waals surface area contributed by atoms with Gasteiger partial charge in [0.1, 0.15) is 23.3 Å². The number of halogens is 7. The van der Waals surface area contributed by atoms with Gasteiger partial charge >= 0.3 is 6.18 Å². The highest BCUT2D eigenvalue weighted by atomic mass is 19.4. The van der Waals surface area contributed by atoms with Crippen LogP contribution in [0.1, 0.15) is 11.1 Å². The molecule has 0 fully saturated rings. The van der Waals surface area contributed by atoms with Crippen molar-refractivity contribution in [3.05, 3.63) is 64.7 Å². The van der Waals surface area contributed by atoms with Crippen molar-refractivity contribution < 1.29 is 30.7 Å². The molecule has 0 radical (unpaired) electrons. The molecule has 0 atom stereocenters. The van der Waals surface area contributed by atoms with E-state index < -0.39 is 46.1 Å². The SMILES string of the molecule is Cc1cc(F)c(-c2cc(F)c(C=CC(F)(F)F)c(F)c2)c(F)c1. The predicted molar refractivity (Wildman–Crippen MR) is 71.5 cm³/mol. The first kappa shape index (κ1) is 17.1. The Bertz CT molecular complexity index is 726. The standard InChI is InChI=1S/C16H9F7/c1-8-4-13(19)15(14(20)5-8)9-6-11(17)10(12(18)7-9)2-3-16(21,22)23/h2-7H,1H3. The maximum absolute atomic E-state index is 13.8. The van der Waals surface area contributed by atoms with Crippen LogP contribution in [0.3, 0.4) is 0 Å². The van der Waals surface area contributed by atoms with Crippen molar-refractivity contribution in [1.82, 2.24) is 0 Å². The van der Waals surface area contributed by atoms with E-state index in [1.165, 1.54) is 6.92 Å². The molecule has 0 spiro atoms. The van der Waals surface area contributed by atoms with Gasteiger partial charge < -0.3 is 0 Å². The van der Waals surface area contributed by atoms with Crippen molar-refractivity contribution in [1.29, 1.82) is 0 Å². The number of hydrogen-bond donors (Lipinski definition) is 0. The highest BCUT2D eigenvalue weighted by molar-refractivity contribution is 5.68. The number of benzene rings is 2. The summed E-state index contributed by atoms with van der Waals surface area (Å²) in [6.07, 6.45) is -4.86. The number of rotatable bonds is 2. The molecule has 0 amide bonds. The molecule has 2 aromatic rings. The lowest BCUT2D eigenvalue weighted by Crippen LogP contribution is -2.01. The average molecular weight is 334 g/mol. The summed E-state index contributed by atoms with van der Waals surface area (Å²) in [5.41, 5.74) is -1.77. The Morgan fingerprint density at radius 3 is 1.70 bits per heavy atom. The molecular weight excluding hydrogens is 325 g/mol. The zero-order valence-corrected chi connectivity index (χ0v) is 11.6. The monoisotopic (exact) mass is 334 g/mol. The van der Waals surface area contributed by atoms with Gasteiger partial charge in [-0.2, -0.15) is 13.2 Å². The first-order valence-electron chi connectivity index (χ1n) is 6.29. The Morgan fingerprint density at radius 2 is 1.26 bits per heavy atom. The van der Waals surface area contributed by atoms with Crippen molar-refractivity contribution in [2.75, 3.05) is 0 Å². The summed E-state index contributed by atoms with van der Waals surface area (Å²) in [4.78, 5) is 0. The molecule has 0 unspecified atom stereocenters. The van der Waals surface area contributed by atoms with Gasteiger partial charge in [-0.15, -0.1) is 0 Å². The van der Waals surface area contributed by atoms with Gasteiger partial charge in [0.05, 0.1) is 5.56 Å². The first-order valence-corrected chi connectivity index (χ1v) is 6.29. The third kappa shape index (κ3) is 3.91. The zero-order valence-electron chi connectivity index (χ0n) is 11.6. The molecule has 0 aromatic heterocycles. The number of allylic oxidation sites excluding steroid dienone is 1. The summed E-state index contributed by atoms with van der Waals surface area (Å²) in [5, 5.41) is 0. The van der Waals surface area contributed by atoms with E-state index in [-0.39, 0.29) is 17.7 Å². The summed E-state index contributed by atoms with van der Waals surface area (Å²) in [7, 11) is 0. The Balaban J connectivity index is 2.55. The van der Waals surface area contributed by atoms with E-state index in [9.17, 15) is 30.7 Å². The van der Waals surface area contributed by atoms with E-state index in [1.54, 1.807) is 0 Å². The first-order chi connectivity index (χ1) is 10.6. The smallest absolute Gasteiger partial charge is 0.206 e. The summed E-state index contributed by atoms with van der Waals surface area (Å²) in [5.74, 6) is -4.78. The molecule has 0 heterocycles. The molecule has 0 saturated heterocycles. The molecule has 122 valence electrons. The number of aryl methyl sites for hydroxylation is 1. The van der Waals surface area contributed by atoms with Crippen LogP contribution in [0.2, 0.25) is 0 Å². The highest BCUT2D eigenvalue weighted by Crippen LogP contribution is 2.31. The van der Waals surface area contributed by atoms with Crippen molar-refractivity contribution in [2.45, 2.75) is 13.1 Å². The molecule has 0 aliphatic carbocycles. The van der Waals surface area contributed by atoms with Crippen LogP contribution in [0, 0.1) is 30.2 Å². The maximum atomic E-state index is 13.8. The molecule has 0 aliphatic heterocycles. The maximum Gasteiger partial charge on any atom is 0.409 e. The largest absolute Gasteiger partial charge is 0.409 e. The highest BCUT2D eigenvalue weighted by Gasteiger charge is 2.23. The molecule has 0 saturated carbocycles. The molecule has 0 N–H and O–H groups in total. The molecule has 2 aromatic carbocycles. The summed E-state index contributed by atoms with van der Waals surface area (Å²) < 4.78 is 91.4. The van der Waals surface area contributed by atoms with Crippen LogP contribution < -0.4 is 0 Å². The zero-order chi connectivity index (χ0) is 17.4. The summed E-state index contributed by atoms with van der Waals surface area (Å²) >= 11 is 0. The fourth-order valence-corrected chi connectivity index (χ4v) is 2.04. The third-order valence-corrected chi connectivity index (χ3v) is 2.99. The van der Waals surface area contributed by atoms with E-state index in [0.717, 1.165) is 12.1 Å². The minimum atomic E-state index is -4.74. The van der Waals surface area contributed by atoms with Gasteiger partial charge in [0.15, 0.2) is 0 Å². The molecule has 0 bridgehead atoms. The van der Waals surface area contributed by atoms with E-state index in [2.05, 4.69) is 0 Å². The molecular formula is C16H9F7. The molecule has 0 aliphatic rings. The molecule has 2 rings (SSSR count). The Hall–Kier alpha value is -2.31. The fraction of sp³-hybridized carbons (Fsp3) is 0.125. The second-order valence-corrected chi connectivity index (χ2v) is 4.83. The van der Waals surface area contributed by atoms with Crippen LogP contribution in [-0.2, 0) is 0 Å². The molecule has 23 heavy (non-hydrogen) atoms. The van der Waals surface area contributed by atoms with E-state index in [4.69, 9.17) is 0 Å². The average Bonchev–Trinajstić information content (AvgIpc) is 2.34. The van der Waals surface area contributed by atoms with Crippen LogP contribution in [0.15, 0.2) is 30.3 Å². The Morgan fingerprint density at radius 1 is 0.783 bits per heavy atom. The van der Waals surface area contributed by atoms with Crippen LogP contribution in [0.5, 0.6) is 0 Å². The second-order valence-electron chi connectivity index (χ2n) is 4.83. The van der Waals surface area contributed by atoms with Crippen molar-refractivity contribution in [3.63, 3.8) is 0 Å². The minimum absolute atomic E-state index is 0.219. The van der Waals surface area contributed by atoms with Crippen LogP contribution in [-0.4, -0.2) is 6.18 Å². The Kier molecular flexibility index (Phi) is 4.49. The normalized spacial score (nSPS) is 12.2. The number of hydrogen-bond acceptors (Lipinski definition) is 0. The minimum Gasteiger partial charge on any atom is -0.206 e. The lowest BCUT2D eigenvalue weighted by molar-refractivity contribution is -0.0790. The quantitative estimate of drug-likeness (QED) is 0.610. The van der Waals surface area contributed by atoms with Crippen LogP contribution >= 0.6 is 0 Å². The van der Waals surface area contributed by atoms with Crippen molar-refractivity contribution in [3.8, 4) is 11.1 Å². The topological polar surface area (TPSA) is 0 Å². The van der Waals surface area contributed by atoms with Crippen LogP contribution in [0.25, 0.3) is 17.2 Å². The predicted octanol–water partition coefficient (Wildman–Crippen LogP) is 5.79. The van der Waals surface area contributed by atoms with Gasteiger partial charge in [-0.05, 0) is 48.4 Å². The van der Waals surface area contributed by atoms with Gasteiger partial charge in [-0.25, -0.2) is 17.6 Å². The van der Waals surface area contributed by atoms with Gasteiger partial charge in [0.2, 0.25) is 0 Å². The van der Waals surface area contributed by atoms with Crippen molar-refractivity contribution in [2.24, 2.45) is 0 Å². The van der Waals surface area contributed by atoms with E-state index in [0.29, 0.717) is 12.1 Å². The lowest BCUT2D eigenvalue weighted by Gasteiger charge is -2.09. The van der Waals surface area contributed by atoms with Gasteiger partial charge in [0, 0.05) is 11.6 Å². The van der Waals surface area contributed by atoms with Gasteiger partial charge in [-0.3, -0.25) is 0 Å². The van der Waals surface area contributed by atoms with Gasteiger partial charge in [-0.1, -0.05) is 0 Å². The van der Waals surface area contributed by atoms with Gasteiger partial charge in [0.25, 0.3) is 0 Å². The van der Waals surface area contributed by atoms with E-state index >= 15 is 0 Å². The summed E-state index contributed by atoms with van der Waals surface area (Å²) in [6, 6.07) is 3.11. The number of alkyl halides is 3. The van der Waals surface area contributed by atoms with Crippen molar-refractivity contribution >= 4 is 6.08 Å². The molecule has 0 nitrogen and oxygen atoms in total. The van der Waals surface area contributed by atoms with Crippen LogP contribution in [0.4, 0.5) is 30.7 Å². The third-order valence-electron chi connectivity index (χ3n) is 2.99.